The van der Waals surface area contributed by atoms with Crippen molar-refractivity contribution in [2.24, 2.45) is 5.92 Å². The Morgan fingerprint density at radius 2 is 2.00 bits per heavy atom. The van der Waals surface area contributed by atoms with Gasteiger partial charge in [-0.25, -0.2) is 0 Å². The number of alkyl halides is 2. The Labute approximate surface area is 128 Å². The number of hydrogen-bond donors (Lipinski definition) is 1. The topological polar surface area (TPSA) is 47.6 Å². The van der Waals surface area contributed by atoms with Crippen molar-refractivity contribution in [1.29, 1.82) is 0 Å². The number of halogens is 2. The van der Waals surface area contributed by atoms with E-state index in [9.17, 15) is 13.6 Å². The molecule has 0 aromatic heterocycles. The summed E-state index contributed by atoms with van der Waals surface area (Å²) in [5, 5.41) is 2.86. The van der Waals surface area contributed by atoms with Crippen LogP contribution in [0.2, 0.25) is 0 Å². The molecule has 1 fully saturated rings. The molecule has 0 saturated heterocycles. The summed E-state index contributed by atoms with van der Waals surface area (Å²) in [4.78, 5) is 12.1. The van der Waals surface area contributed by atoms with Crippen LogP contribution in [0, 0.1) is 5.92 Å². The van der Waals surface area contributed by atoms with E-state index in [4.69, 9.17) is 4.74 Å². The molecule has 1 aliphatic rings. The van der Waals surface area contributed by atoms with Crippen molar-refractivity contribution in [3.8, 4) is 11.5 Å². The zero-order valence-electron chi connectivity index (χ0n) is 12.6. The predicted octanol–water partition coefficient (Wildman–Crippen LogP) is 3.61. The Bertz CT molecular complexity index is 502. The summed E-state index contributed by atoms with van der Waals surface area (Å²) >= 11 is 0. The van der Waals surface area contributed by atoms with E-state index in [1.165, 1.54) is 44.6 Å². The smallest absolute Gasteiger partial charge is 0.387 e. The van der Waals surface area contributed by atoms with Crippen molar-refractivity contribution in [2.75, 3.05) is 13.7 Å². The molecular weight excluding hydrogens is 292 g/mol. The highest BCUT2D eigenvalue weighted by molar-refractivity contribution is 5.94. The Balaban J connectivity index is 1.99. The lowest BCUT2D eigenvalue weighted by molar-refractivity contribution is -0.0512. The van der Waals surface area contributed by atoms with Gasteiger partial charge >= 0.3 is 6.61 Å². The van der Waals surface area contributed by atoms with E-state index in [0.717, 1.165) is 12.8 Å². The Hall–Kier alpha value is -1.85. The van der Waals surface area contributed by atoms with E-state index in [2.05, 4.69) is 10.1 Å². The molecule has 1 amide bonds. The molecule has 0 heterocycles. The first-order valence-corrected chi connectivity index (χ1v) is 7.51. The van der Waals surface area contributed by atoms with Crippen LogP contribution in [0.4, 0.5) is 8.78 Å². The van der Waals surface area contributed by atoms with Gasteiger partial charge in [-0.1, -0.05) is 19.3 Å². The minimum Gasteiger partial charge on any atom is -0.493 e. The molecule has 0 radical (unpaired) electrons. The molecule has 4 nitrogen and oxygen atoms in total. The number of carbonyl (C=O) groups excluding carboxylic acids is 1. The van der Waals surface area contributed by atoms with Crippen LogP contribution < -0.4 is 14.8 Å². The maximum atomic E-state index is 12.4. The molecular formula is C16H21F2NO3. The molecule has 1 aromatic carbocycles. The number of benzene rings is 1. The van der Waals surface area contributed by atoms with Crippen LogP contribution in [-0.2, 0) is 0 Å². The summed E-state index contributed by atoms with van der Waals surface area (Å²) in [5.74, 6) is 0.257. The third-order valence-corrected chi connectivity index (χ3v) is 3.92. The van der Waals surface area contributed by atoms with Gasteiger partial charge < -0.3 is 14.8 Å². The summed E-state index contributed by atoms with van der Waals surface area (Å²) in [7, 11) is 1.36. The van der Waals surface area contributed by atoms with E-state index < -0.39 is 6.61 Å². The van der Waals surface area contributed by atoms with Crippen molar-refractivity contribution >= 4 is 5.91 Å². The number of carbonyl (C=O) groups is 1. The fraction of sp³-hybridized carbons (Fsp3) is 0.562. The molecule has 0 bridgehead atoms. The first-order valence-electron chi connectivity index (χ1n) is 7.51. The second-order valence-electron chi connectivity index (χ2n) is 5.46. The van der Waals surface area contributed by atoms with Crippen LogP contribution in [0.15, 0.2) is 18.2 Å². The lowest BCUT2D eigenvalue weighted by Crippen LogP contribution is -2.30. The lowest BCUT2D eigenvalue weighted by Gasteiger charge is -2.21. The number of ether oxygens (including phenoxy) is 2. The molecule has 1 saturated carbocycles. The van der Waals surface area contributed by atoms with Gasteiger partial charge in [0, 0.05) is 12.1 Å². The number of hydrogen-bond acceptors (Lipinski definition) is 3. The maximum Gasteiger partial charge on any atom is 0.387 e. The molecule has 1 aliphatic carbocycles. The largest absolute Gasteiger partial charge is 0.493 e. The highest BCUT2D eigenvalue weighted by atomic mass is 19.3. The van der Waals surface area contributed by atoms with Gasteiger partial charge in [-0.2, -0.15) is 8.78 Å². The van der Waals surface area contributed by atoms with Crippen LogP contribution in [0.25, 0.3) is 0 Å². The van der Waals surface area contributed by atoms with E-state index in [1.807, 2.05) is 0 Å². The normalized spacial score (nSPS) is 15.6. The Morgan fingerprint density at radius 1 is 1.27 bits per heavy atom. The quantitative estimate of drug-likeness (QED) is 0.873. The average Bonchev–Trinajstić information content (AvgIpc) is 2.53. The number of methoxy groups -OCH3 is 1. The zero-order chi connectivity index (χ0) is 15.9. The Kier molecular flexibility index (Phi) is 5.98. The summed E-state index contributed by atoms with van der Waals surface area (Å²) in [6, 6.07) is 4.27. The molecule has 122 valence electrons. The Morgan fingerprint density at radius 3 is 2.64 bits per heavy atom. The van der Waals surface area contributed by atoms with Crippen molar-refractivity contribution in [1.82, 2.24) is 5.32 Å². The summed E-state index contributed by atoms with van der Waals surface area (Å²) in [6.45, 7) is -2.34. The summed E-state index contributed by atoms with van der Waals surface area (Å²) < 4.78 is 34.1. The molecule has 0 aliphatic heterocycles. The van der Waals surface area contributed by atoms with E-state index >= 15 is 0 Å². The zero-order valence-corrected chi connectivity index (χ0v) is 12.6. The molecule has 0 atom stereocenters. The molecule has 1 N–H and O–H groups in total. The van der Waals surface area contributed by atoms with E-state index in [-0.39, 0.29) is 23.0 Å². The first-order chi connectivity index (χ1) is 10.6. The van der Waals surface area contributed by atoms with Crippen molar-refractivity contribution in [3.05, 3.63) is 23.8 Å². The van der Waals surface area contributed by atoms with Gasteiger partial charge in [0.1, 0.15) is 0 Å². The number of nitrogens with one attached hydrogen (secondary N) is 1. The minimum atomic E-state index is -2.96. The van der Waals surface area contributed by atoms with Crippen molar-refractivity contribution in [3.63, 3.8) is 0 Å². The van der Waals surface area contributed by atoms with Crippen molar-refractivity contribution < 1.29 is 23.0 Å². The second-order valence-corrected chi connectivity index (χ2v) is 5.46. The summed E-state index contributed by atoms with van der Waals surface area (Å²) in [6.07, 6.45) is 5.92. The third-order valence-electron chi connectivity index (χ3n) is 3.92. The highest BCUT2D eigenvalue weighted by Gasteiger charge is 2.17. The molecule has 0 unspecified atom stereocenters. The molecule has 22 heavy (non-hydrogen) atoms. The number of rotatable bonds is 6. The van der Waals surface area contributed by atoms with Crippen LogP contribution in [-0.4, -0.2) is 26.2 Å². The van der Waals surface area contributed by atoms with Gasteiger partial charge in [0.25, 0.3) is 5.91 Å². The van der Waals surface area contributed by atoms with Crippen LogP contribution in [0.5, 0.6) is 11.5 Å². The van der Waals surface area contributed by atoms with Crippen LogP contribution >= 0.6 is 0 Å². The van der Waals surface area contributed by atoms with Gasteiger partial charge in [0.2, 0.25) is 0 Å². The summed E-state index contributed by atoms with van der Waals surface area (Å²) in [5.41, 5.74) is 0.284. The van der Waals surface area contributed by atoms with Gasteiger partial charge in [-0.05, 0) is 37.0 Å². The molecule has 1 aromatic rings. The number of amides is 1. The minimum absolute atomic E-state index is 0.136. The molecule has 2 rings (SSSR count). The average molecular weight is 313 g/mol. The lowest BCUT2D eigenvalue weighted by atomic mass is 9.89. The third kappa shape index (κ3) is 4.58. The van der Waals surface area contributed by atoms with Gasteiger partial charge in [-0.3, -0.25) is 4.79 Å². The van der Waals surface area contributed by atoms with Gasteiger partial charge in [0.15, 0.2) is 11.5 Å². The molecule has 0 spiro atoms. The molecule has 6 heteroatoms. The maximum absolute atomic E-state index is 12.4. The predicted molar refractivity (Wildman–Crippen MR) is 78.5 cm³/mol. The fourth-order valence-corrected chi connectivity index (χ4v) is 2.74. The van der Waals surface area contributed by atoms with Crippen LogP contribution in [0.3, 0.4) is 0 Å². The van der Waals surface area contributed by atoms with Crippen LogP contribution in [0.1, 0.15) is 42.5 Å². The van der Waals surface area contributed by atoms with Crippen molar-refractivity contribution in [2.45, 2.75) is 38.7 Å². The fourth-order valence-electron chi connectivity index (χ4n) is 2.74. The van der Waals surface area contributed by atoms with Gasteiger partial charge in [-0.15, -0.1) is 0 Å². The second kappa shape index (κ2) is 7.96. The monoisotopic (exact) mass is 313 g/mol. The van der Waals surface area contributed by atoms with E-state index in [0.29, 0.717) is 12.5 Å². The SMILES string of the molecule is COc1ccc(C(=O)NCC2CCCCC2)cc1OC(F)F. The standard InChI is InChI=1S/C16H21F2NO3/c1-21-13-8-7-12(9-14(13)22-16(17)18)15(20)19-10-11-5-3-2-4-6-11/h7-9,11,16H,2-6,10H2,1H3,(H,19,20). The van der Waals surface area contributed by atoms with E-state index in [1.54, 1.807) is 0 Å². The first kappa shape index (κ1) is 16.5. The van der Waals surface area contributed by atoms with Gasteiger partial charge in [0.05, 0.1) is 7.11 Å². The highest BCUT2D eigenvalue weighted by Crippen LogP contribution is 2.29.